The van der Waals surface area contributed by atoms with Crippen LogP contribution in [0.4, 0.5) is 0 Å². The summed E-state index contributed by atoms with van der Waals surface area (Å²) in [5.41, 5.74) is -0.202. The number of carboxylic acids is 2. The lowest BCUT2D eigenvalue weighted by Gasteiger charge is -2.11. The molecule has 0 saturated carbocycles. The first-order valence-corrected chi connectivity index (χ1v) is 6.49. The molecule has 0 saturated heterocycles. The van der Waals surface area contributed by atoms with Gasteiger partial charge in [-0.1, -0.05) is 26.0 Å². The van der Waals surface area contributed by atoms with Crippen molar-refractivity contribution in [3.8, 4) is 17.2 Å². The van der Waals surface area contributed by atoms with E-state index in [1.165, 1.54) is 12.1 Å². The minimum Gasteiger partial charge on any atom is -0.503 e. The molecule has 0 spiro atoms. The molecule has 116 valence electrons. The summed E-state index contributed by atoms with van der Waals surface area (Å²) in [5.74, 6) is -4.80. The molecule has 1 aromatic heterocycles. The summed E-state index contributed by atoms with van der Waals surface area (Å²) in [7, 11) is 0. The van der Waals surface area contributed by atoms with Gasteiger partial charge in [-0.25, -0.2) is 9.59 Å². The third-order valence-electron chi connectivity index (χ3n) is 3.34. The van der Waals surface area contributed by atoms with Gasteiger partial charge in [0.15, 0.2) is 22.9 Å². The van der Waals surface area contributed by atoms with Crippen molar-refractivity contribution in [2.45, 2.75) is 19.8 Å². The van der Waals surface area contributed by atoms with Crippen LogP contribution in [0.2, 0.25) is 0 Å². The van der Waals surface area contributed by atoms with Crippen molar-refractivity contribution >= 4 is 11.9 Å². The van der Waals surface area contributed by atoms with Crippen LogP contribution >= 0.6 is 0 Å². The standard InChI is InChI=1S/C15H15NO6/c1-7(2)8-3-5-9(6-4-8)16-10(14(19)20)12(17)13(18)11(16)15(21)22/h3-7,17-18H,1-2H3,(H,19,20)(H,21,22). The van der Waals surface area contributed by atoms with E-state index in [0.29, 0.717) is 0 Å². The lowest BCUT2D eigenvalue weighted by molar-refractivity contribution is 0.0681. The van der Waals surface area contributed by atoms with E-state index in [1.54, 1.807) is 12.1 Å². The minimum absolute atomic E-state index is 0.217. The van der Waals surface area contributed by atoms with Gasteiger partial charge in [-0.15, -0.1) is 0 Å². The highest BCUT2D eigenvalue weighted by molar-refractivity contribution is 5.99. The van der Waals surface area contributed by atoms with Gasteiger partial charge in [-0.05, 0) is 23.6 Å². The molecule has 1 heterocycles. The number of aromatic carboxylic acids is 2. The van der Waals surface area contributed by atoms with E-state index in [1.807, 2.05) is 13.8 Å². The summed E-state index contributed by atoms with van der Waals surface area (Å²) >= 11 is 0. The zero-order chi connectivity index (χ0) is 16.6. The van der Waals surface area contributed by atoms with Crippen LogP contribution in [0.5, 0.6) is 11.5 Å². The van der Waals surface area contributed by atoms with Gasteiger partial charge in [0.1, 0.15) is 0 Å². The molecule has 7 nitrogen and oxygen atoms in total. The molecule has 0 radical (unpaired) electrons. The SMILES string of the molecule is CC(C)c1ccc(-n2c(C(=O)O)c(O)c(O)c2C(=O)O)cc1. The number of rotatable bonds is 4. The maximum Gasteiger partial charge on any atom is 0.356 e. The molecule has 1 aromatic carbocycles. The van der Waals surface area contributed by atoms with E-state index in [0.717, 1.165) is 10.1 Å². The Morgan fingerprint density at radius 3 is 1.64 bits per heavy atom. The van der Waals surface area contributed by atoms with Crippen molar-refractivity contribution in [3.05, 3.63) is 41.2 Å². The molecule has 0 unspecified atom stereocenters. The molecule has 0 aliphatic carbocycles. The second kappa shape index (κ2) is 5.44. The van der Waals surface area contributed by atoms with Crippen LogP contribution in [0.3, 0.4) is 0 Å². The molecule has 7 heteroatoms. The van der Waals surface area contributed by atoms with Gasteiger partial charge in [0.25, 0.3) is 0 Å². The Labute approximate surface area is 125 Å². The Morgan fingerprint density at radius 1 is 0.909 bits per heavy atom. The number of carbonyl (C=O) groups is 2. The van der Waals surface area contributed by atoms with Crippen LogP contribution in [-0.2, 0) is 0 Å². The summed E-state index contributed by atoms with van der Waals surface area (Å²) in [5, 5.41) is 37.8. The smallest absolute Gasteiger partial charge is 0.356 e. The highest BCUT2D eigenvalue weighted by Gasteiger charge is 2.31. The molecule has 22 heavy (non-hydrogen) atoms. The summed E-state index contributed by atoms with van der Waals surface area (Å²) in [6.07, 6.45) is 0. The van der Waals surface area contributed by atoms with Crippen LogP contribution < -0.4 is 0 Å². The van der Waals surface area contributed by atoms with Crippen molar-refractivity contribution in [1.29, 1.82) is 0 Å². The van der Waals surface area contributed by atoms with Crippen molar-refractivity contribution in [2.24, 2.45) is 0 Å². The van der Waals surface area contributed by atoms with E-state index in [2.05, 4.69) is 0 Å². The molecule has 4 N–H and O–H groups in total. The molecule has 0 amide bonds. The summed E-state index contributed by atoms with van der Waals surface area (Å²) in [4.78, 5) is 22.6. The third kappa shape index (κ3) is 2.37. The van der Waals surface area contributed by atoms with Crippen molar-refractivity contribution in [2.75, 3.05) is 0 Å². The van der Waals surface area contributed by atoms with Gasteiger partial charge in [0.05, 0.1) is 0 Å². The fourth-order valence-electron chi connectivity index (χ4n) is 2.21. The Kier molecular flexibility index (Phi) is 3.81. The largest absolute Gasteiger partial charge is 0.503 e. The number of aromatic hydroxyl groups is 2. The highest BCUT2D eigenvalue weighted by Crippen LogP contribution is 2.38. The first kappa shape index (κ1) is 15.4. The molecule has 0 atom stereocenters. The minimum atomic E-state index is -1.55. The van der Waals surface area contributed by atoms with Crippen LogP contribution in [0, 0.1) is 0 Å². The topological polar surface area (TPSA) is 120 Å². The summed E-state index contributed by atoms with van der Waals surface area (Å²) in [6, 6.07) is 6.52. The number of aromatic nitrogens is 1. The quantitative estimate of drug-likeness (QED) is 0.688. The molecule has 2 rings (SSSR count). The Hall–Kier alpha value is -2.96. The normalized spacial score (nSPS) is 10.9. The van der Waals surface area contributed by atoms with Crippen molar-refractivity contribution in [1.82, 2.24) is 4.57 Å². The fourth-order valence-corrected chi connectivity index (χ4v) is 2.21. The number of carboxylic acid groups (broad SMARTS) is 2. The number of benzene rings is 1. The average Bonchev–Trinajstić information content (AvgIpc) is 2.71. The molecule has 0 bridgehead atoms. The van der Waals surface area contributed by atoms with Gasteiger partial charge >= 0.3 is 11.9 Å². The number of hydrogen-bond donors (Lipinski definition) is 4. The zero-order valence-electron chi connectivity index (χ0n) is 11.9. The molecule has 0 aliphatic heterocycles. The monoisotopic (exact) mass is 305 g/mol. The third-order valence-corrected chi connectivity index (χ3v) is 3.34. The molecular weight excluding hydrogens is 290 g/mol. The van der Waals surface area contributed by atoms with Crippen molar-refractivity contribution in [3.63, 3.8) is 0 Å². The Balaban J connectivity index is 2.75. The second-order valence-electron chi connectivity index (χ2n) is 5.09. The first-order chi connectivity index (χ1) is 10.3. The number of hydrogen-bond acceptors (Lipinski definition) is 4. The van der Waals surface area contributed by atoms with Crippen LogP contribution in [0.15, 0.2) is 24.3 Å². The van der Waals surface area contributed by atoms with Gasteiger partial charge in [-0.3, -0.25) is 4.57 Å². The lowest BCUT2D eigenvalue weighted by atomic mass is 10.0. The van der Waals surface area contributed by atoms with Crippen LogP contribution in [0.1, 0.15) is 46.3 Å². The Morgan fingerprint density at radius 2 is 1.32 bits per heavy atom. The number of nitrogens with zero attached hydrogens (tertiary/aromatic N) is 1. The summed E-state index contributed by atoms with van der Waals surface area (Å²) in [6.45, 7) is 3.96. The molecule has 2 aromatic rings. The second-order valence-corrected chi connectivity index (χ2v) is 5.09. The zero-order valence-corrected chi connectivity index (χ0v) is 11.9. The van der Waals surface area contributed by atoms with Gasteiger partial charge in [0, 0.05) is 5.69 Å². The Bertz CT molecular complexity index is 705. The van der Waals surface area contributed by atoms with E-state index in [9.17, 15) is 30.0 Å². The summed E-state index contributed by atoms with van der Waals surface area (Å²) < 4.78 is 0.805. The average molecular weight is 305 g/mol. The van der Waals surface area contributed by atoms with Crippen LogP contribution in [0.25, 0.3) is 5.69 Å². The maximum absolute atomic E-state index is 11.3. The van der Waals surface area contributed by atoms with E-state index in [-0.39, 0.29) is 11.6 Å². The highest BCUT2D eigenvalue weighted by atomic mass is 16.4. The van der Waals surface area contributed by atoms with Gasteiger partial charge < -0.3 is 20.4 Å². The predicted molar refractivity (Wildman–Crippen MR) is 77.1 cm³/mol. The van der Waals surface area contributed by atoms with Crippen LogP contribution in [-0.4, -0.2) is 36.9 Å². The molecule has 0 aliphatic rings. The first-order valence-electron chi connectivity index (χ1n) is 6.49. The molecular formula is C15H15NO6. The van der Waals surface area contributed by atoms with Gasteiger partial charge in [0.2, 0.25) is 0 Å². The fraction of sp³-hybridized carbons (Fsp3) is 0.200. The maximum atomic E-state index is 11.3. The van der Waals surface area contributed by atoms with E-state index in [4.69, 9.17) is 0 Å². The van der Waals surface area contributed by atoms with E-state index < -0.39 is 34.8 Å². The van der Waals surface area contributed by atoms with Gasteiger partial charge in [-0.2, -0.15) is 0 Å². The van der Waals surface area contributed by atoms with E-state index >= 15 is 0 Å². The van der Waals surface area contributed by atoms with Crippen molar-refractivity contribution < 1.29 is 30.0 Å². The lowest BCUT2D eigenvalue weighted by Crippen LogP contribution is -2.13. The predicted octanol–water partition coefficient (Wildman–Crippen LogP) is 2.41. The molecule has 0 fully saturated rings.